The van der Waals surface area contributed by atoms with Crippen LogP contribution in [0.4, 0.5) is 0 Å². The third kappa shape index (κ3) is 4.40. The minimum Gasteiger partial charge on any atom is -0.455 e. The number of hydrogen-bond acceptors (Lipinski definition) is 6. The second-order valence-electron chi connectivity index (χ2n) is 4.54. The lowest BCUT2D eigenvalue weighted by molar-refractivity contribution is -0.194. The first kappa shape index (κ1) is 16.3. The number of hydrogen-bond donors (Lipinski definition) is 0. The van der Waals surface area contributed by atoms with E-state index in [2.05, 4.69) is 10.0 Å². The van der Waals surface area contributed by atoms with Crippen molar-refractivity contribution >= 4 is 11.9 Å². The third-order valence-electron chi connectivity index (χ3n) is 3.09. The second-order valence-corrected chi connectivity index (χ2v) is 4.54. The van der Waals surface area contributed by atoms with Crippen LogP contribution in [0.2, 0.25) is 0 Å². The van der Waals surface area contributed by atoms with Crippen molar-refractivity contribution in [1.29, 1.82) is 0 Å². The Morgan fingerprint density at radius 1 is 1.30 bits per heavy atom. The Hall–Kier alpha value is -1.79. The van der Waals surface area contributed by atoms with Crippen LogP contribution in [0, 0.1) is 5.92 Å². The predicted octanol–water partition coefficient (Wildman–Crippen LogP) is 1.93. The quantitative estimate of drug-likeness (QED) is 0.320. The molecule has 0 amide bonds. The van der Waals surface area contributed by atoms with Gasteiger partial charge >= 0.3 is 11.9 Å². The highest BCUT2D eigenvalue weighted by atomic mass is 16.7. The van der Waals surface area contributed by atoms with Crippen molar-refractivity contribution < 1.29 is 23.8 Å². The Morgan fingerprint density at radius 2 is 1.95 bits per heavy atom. The van der Waals surface area contributed by atoms with Gasteiger partial charge in [-0.25, -0.2) is 0 Å². The zero-order chi connectivity index (χ0) is 15.1. The highest BCUT2D eigenvalue weighted by Gasteiger charge is 2.47. The van der Waals surface area contributed by atoms with E-state index < -0.39 is 24.3 Å². The van der Waals surface area contributed by atoms with Crippen molar-refractivity contribution in [3.63, 3.8) is 0 Å². The highest BCUT2D eigenvalue weighted by molar-refractivity contribution is 5.67. The number of azide groups is 1. The first-order chi connectivity index (χ1) is 9.49. The number of nitrogens with zero attached hydrogens (tertiary/aromatic N) is 3. The number of esters is 2. The number of carbonyl (C=O) groups is 2. The van der Waals surface area contributed by atoms with Gasteiger partial charge in [0.25, 0.3) is 0 Å². The number of ether oxygens (including phenoxy) is 3. The zero-order valence-electron chi connectivity index (χ0n) is 11.8. The van der Waals surface area contributed by atoms with E-state index in [1.807, 2.05) is 6.92 Å². The fourth-order valence-corrected chi connectivity index (χ4v) is 2.36. The molecule has 0 aromatic carbocycles. The molecule has 1 aliphatic heterocycles. The van der Waals surface area contributed by atoms with Gasteiger partial charge in [-0.05, 0) is 18.4 Å². The van der Waals surface area contributed by atoms with E-state index in [1.54, 1.807) is 0 Å². The second kappa shape index (κ2) is 7.72. The van der Waals surface area contributed by atoms with Crippen molar-refractivity contribution in [3.8, 4) is 0 Å². The van der Waals surface area contributed by atoms with Gasteiger partial charge in [-0.15, -0.1) is 0 Å². The summed E-state index contributed by atoms with van der Waals surface area (Å²) >= 11 is 0. The molecule has 0 bridgehead atoms. The molecule has 1 unspecified atom stereocenters. The van der Waals surface area contributed by atoms with Crippen molar-refractivity contribution in [2.75, 3.05) is 6.54 Å². The van der Waals surface area contributed by atoms with E-state index in [0.717, 1.165) is 0 Å². The van der Waals surface area contributed by atoms with Gasteiger partial charge in [-0.1, -0.05) is 12.0 Å². The van der Waals surface area contributed by atoms with E-state index in [1.165, 1.54) is 13.8 Å². The van der Waals surface area contributed by atoms with Crippen LogP contribution in [0.3, 0.4) is 0 Å². The summed E-state index contributed by atoms with van der Waals surface area (Å²) in [5.74, 6) is -1.14. The molecule has 0 radical (unpaired) electrons. The maximum atomic E-state index is 11.2. The molecule has 0 saturated carbocycles. The molecular formula is C12H19N3O5. The van der Waals surface area contributed by atoms with E-state index in [-0.39, 0.29) is 18.6 Å². The smallest absolute Gasteiger partial charge is 0.305 e. The summed E-state index contributed by atoms with van der Waals surface area (Å²) in [5, 5.41) is 3.48. The summed E-state index contributed by atoms with van der Waals surface area (Å²) in [7, 11) is 0. The van der Waals surface area contributed by atoms with Gasteiger partial charge in [0.1, 0.15) is 0 Å². The maximum absolute atomic E-state index is 11.2. The molecule has 1 aliphatic rings. The normalized spacial score (nSPS) is 28.6. The summed E-state index contributed by atoms with van der Waals surface area (Å²) in [6.07, 6.45) is -0.611. The Balaban J connectivity index is 2.84. The summed E-state index contributed by atoms with van der Waals surface area (Å²) in [6.45, 7) is 4.74. The fourth-order valence-electron chi connectivity index (χ4n) is 2.36. The molecule has 0 N–H and O–H groups in total. The molecule has 0 aromatic rings. The highest BCUT2D eigenvalue weighted by Crippen LogP contribution is 2.34. The maximum Gasteiger partial charge on any atom is 0.305 e. The van der Waals surface area contributed by atoms with Gasteiger partial charge in [0.2, 0.25) is 6.29 Å². The van der Waals surface area contributed by atoms with Crippen molar-refractivity contribution in [2.45, 2.75) is 52.1 Å². The van der Waals surface area contributed by atoms with Crippen LogP contribution in [0.5, 0.6) is 0 Å². The third-order valence-corrected chi connectivity index (χ3v) is 3.09. The van der Waals surface area contributed by atoms with Crippen LogP contribution in [0.1, 0.15) is 33.6 Å². The molecule has 1 heterocycles. The number of rotatable bonds is 6. The monoisotopic (exact) mass is 285 g/mol. The van der Waals surface area contributed by atoms with Crippen LogP contribution < -0.4 is 0 Å². The molecule has 1 fully saturated rings. The fraction of sp³-hybridized carbons (Fsp3) is 0.833. The minimum absolute atomic E-state index is 0.168. The van der Waals surface area contributed by atoms with Crippen molar-refractivity contribution in [3.05, 3.63) is 10.4 Å². The minimum atomic E-state index is -0.905. The molecule has 4 atom stereocenters. The van der Waals surface area contributed by atoms with E-state index >= 15 is 0 Å². The van der Waals surface area contributed by atoms with Crippen LogP contribution in [0.25, 0.3) is 10.4 Å². The van der Waals surface area contributed by atoms with Gasteiger partial charge in [0.05, 0.1) is 6.10 Å². The molecule has 1 rings (SSSR count). The van der Waals surface area contributed by atoms with Crippen molar-refractivity contribution in [2.24, 2.45) is 11.0 Å². The first-order valence-electron chi connectivity index (χ1n) is 6.50. The summed E-state index contributed by atoms with van der Waals surface area (Å²) < 4.78 is 15.9. The molecule has 0 spiro atoms. The van der Waals surface area contributed by atoms with E-state index in [0.29, 0.717) is 12.8 Å². The van der Waals surface area contributed by atoms with E-state index in [9.17, 15) is 9.59 Å². The van der Waals surface area contributed by atoms with Gasteiger partial charge in [-0.3, -0.25) is 9.59 Å². The molecule has 0 aliphatic carbocycles. The molecule has 20 heavy (non-hydrogen) atoms. The standard InChI is InChI=1S/C12H19N3O5/c1-4-10-9(5-6-14-15-13)11(18-7(2)16)12(20-10)19-8(3)17/h9-12H,4-6H2,1-3H3/t9-,10-,11-,12?/m1/s1. The van der Waals surface area contributed by atoms with Crippen LogP contribution in [0.15, 0.2) is 5.11 Å². The summed E-state index contributed by atoms with van der Waals surface area (Å²) in [4.78, 5) is 25.0. The Kier molecular flexibility index (Phi) is 6.27. The summed E-state index contributed by atoms with van der Waals surface area (Å²) in [5.41, 5.74) is 8.32. The Bertz CT molecular complexity index is 408. The molecule has 8 heteroatoms. The van der Waals surface area contributed by atoms with Gasteiger partial charge < -0.3 is 14.2 Å². The molecule has 112 valence electrons. The lowest BCUT2D eigenvalue weighted by Gasteiger charge is -2.22. The topological polar surface area (TPSA) is 111 Å². The molecule has 1 saturated heterocycles. The first-order valence-corrected chi connectivity index (χ1v) is 6.50. The van der Waals surface area contributed by atoms with Crippen LogP contribution in [-0.2, 0) is 23.8 Å². The molecule has 0 aromatic heterocycles. The van der Waals surface area contributed by atoms with Gasteiger partial charge in [0, 0.05) is 31.2 Å². The molecular weight excluding hydrogens is 266 g/mol. The van der Waals surface area contributed by atoms with Gasteiger partial charge in [-0.2, -0.15) is 0 Å². The largest absolute Gasteiger partial charge is 0.455 e. The Morgan fingerprint density at radius 3 is 2.45 bits per heavy atom. The lowest BCUT2D eigenvalue weighted by atomic mass is 9.93. The van der Waals surface area contributed by atoms with E-state index in [4.69, 9.17) is 19.7 Å². The summed E-state index contributed by atoms with van der Waals surface area (Å²) in [6, 6.07) is 0. The Labute approximate surface area is 117 Å². The lowest BCUT2D eigenvalue weighted by Crippen LogP contribution is -2.35. The van der Waals surface area contributed by atoms with Crippen LogP contribution in [-0.4, -0.2) is 37.0 Å². The van der Waals surface area contributed by atoms with Crippen molar-refractivity contribution in [1.82, 2.24) is 0 Å². The average Bonchev–Trinajstić information content (AvgIpc) is 2.67. The SMILES string of the molecule is CC[C@H]1OC(OC(C)=O)[C@H](OC(C)=O)[C@@H]1CCN=[N+]=[N-]. The van der Waals surface area contributed by atoms with Gasteiger partial charge in [0.15, 0.2) is 6.10 Å². The zero-order valence-corrected chi connectivity index (χ0v) is 11.8. The molecule has 8 nitrogen and oxygen atoms in total. The predicted molar refractivity (Wildman–Crippen MR) is 68.4 cm³/mol. The average molecular weight is 285 g/mol. The number of carbonyl (C=O) groups excluding carboxylic acids is 2. The van der Waals surface area contributed by atoms with Crippen LogP contribution >= 0.6 is 0 Å².